The topological polar surface area (TPSA) is 84.1 Å². The maximum Gasteiger partial charge on any atom is 0.265 e. The summed E-state index contributed by atoms with van der Waals surface area (Å²) in [5, 5.41) is 4.03. The van der Waals surface area contributed by atoms with Gasteiger partial charge in [-0.2, -0.15) is 4.98 Å². The molecule has 0 atom stereocenters. The summed E-state index contributed by atoms with van der Waals surface area (Å²) in [4.78, 5) is 22.1. The minimum absolute atomic E-state index is 0.296. The van der Waals surface area contributed by atoms with E-state index in [1.807, 2.05) is 44.1 Å². The van der Waals surface area contributed by atoms with Crippen molar-refractivity contribution in [3.63, 3.8) is 0 Å². The van der Waals surface area contributed by atoms with Gasteiger partial charge in [0.2, 0.25) is 5.89 Å². The fraction of sp³-hybridized carbons (Fsp3) is 0.421. The number of piperidine rings is 1. The third-order valence-electron chi connectivity index (χ3n) is 4.78. The molecule has 0 unspecified atom stereocenters. The Morgan fingerprint density at radius 1 is 1.07 bits per heavy atom. The van der Waals surface area contributed by atoms with Gasteiger partial charge in [-0.15, -0.1) is 0 Å². The summed E-state index contributed by atoms with van der Waals surface area (Å²) in [5.41, 5.74) is 1.94. The van der Waals surface area contributed by atoms with Crippen LogP contribution in [0.25, 0.3) is 11.4 Å². The molecule has 0 N–H and O–H groups in total. The van der Waals surface area contributed by atoms with Gasteiger partial charge < -0.3 is 14.3 Å². The lowest BCUT2D eigenvalue weighted by Crippen LogP contribution is -2.33. The van der Waals surface area contributed by atoms with Crippen molar-refractivity contribution in [1.29, 1.82) is 0 Å². The van der Waals surface area contributed by atoms with Crippen LogP contribution in [-0.4, -0.2) is 52.3 Å². The van der Waals surface area contributed by atoms with Gasteiger partial charge in [-0.3, -0.25) is 4.98 Å². The van der Waals surface area contributed by atoms with Gasteiger partial charge in [0.25, 0.3) is 5.95 Å². The molecule has 27 heavy (non-hydrogen) atoms. The first-order valence-electron chi connectivity index (χ1n) is 9.12. The molecule has 1 fully saturated rings. The van der Waals surface area contributed by atoms with Crippen LogP contribution >= 0.6 is 0 Å². The summed E-state index contributed by atoms with van der Waals surface area (Å²) >= 11 is 0. The largest absolute Gasteiger partial charge is 0.356 e. The minimum Gasteiger partial charge on any atom is -0.356 e. The molecule has 1 aliphatic heterocycles. The van der Waals surface area contributed by atoms with Gasteiger partial charge in [0.1, 0.15) is 5.82 Å². The molecule has 0 aliphatic carbocycles. The Morgan fingerprint density at radius 3 is 2.48 bits per heavy atom. The first-order valence-corrected chi connectivity index (χ1v) is 9.12. The van der Waals surface area contributed by atoms with Crippen molar-refractivity contribution < 1.29 is 4.52 Å². The van der Waals surface area contributed by atoms with Gasteiger partial charge in [0, 0.05) is 62.8 Å². The predicted octanol–water partition coefficient (Wildman–Crippen LogP) is 2.68. The van der Waals surface area contributed by atoms with E-state index in [1.54, 1.807) is 12.4 Å². The smallest absolute Gasteiger partial charge is 0.265 e. The Balaban J connectivity index is 1.48. The number of rotatable bonds is 4. The molecule has 8 heteroatoms. The van der Waals surface area contributed by atoms with E-state index in [0.717, 1.165) is 54.7 Å². The number of hydrogen-bond donors (Lipinski definition) is 0. The van der Waals surface area contributed by atoms with E-state index < -0.39 is 0 Å². The first kappa shape index (κ1) is 17.4. The number of anilines is 2. The lowest BCUT2D eigenvalue weighted by molar-refractivity contribution is 0.329. The molecule has 8 nitrogen and oxygen atoms in total. The monoisotopic (exact) mass is 365 g/mol. The van der Waals surface area contributed by atoms with Crippen molar-refractivity contribution in [2.24, 2.45) is 0 Å². The van der Waals surface area contributed by atoms with E-state index in [9.17, 15) is 0 Å². The second kappa shape index (κ2) is 7.30. The second-order valence-corrected chi connectivity index (χ2v) is 7.02. The highest BCUT2D eigenvalue weighted by Gasteiger charge is 2.26. The Morgan fingerprint density at radius 2 is 1.81 bits per heavy atom. The van der Waals surface area contributed by atoms with E-state index in [1.165, 1.54) is 0 Å². The molecule has 0 bridgehead atoms. The lowest BCUT2D eigenvalue weighted by atomic mass is 9.97. The van der Waals surface area contributed by atoms with Gasteiger partial charge >= 0.3 is 0 Å². The molecular formula is C19H23N7O. The van der Waals surface area contributed by atoms with Crippen molar-refractivity contribution in [1.82, 2.24) is 25.1 Å². The molecule has 0 radical (unpaired) electrons. The normalized spacial score (nSPS) is 15.1. The van der Waals surface area contributed by atoms with Gasteiger partial charge in [0.05, 0.1) is 0 Å². The van der Waals surface area contributed by atoms with Crippen LogP contribution in [0.15, 0.2) is 35.1 Å². The minimum atomic E-state index is 0.296. The summed E-state index contributed by atoms with van der Waals surface area (Å²) in [5.74, 6) is 3.36. The highest BCUT2D eigenvalue weighted by Crippen LogP contribution is 2.30. The molecular weight excluding hydrogens is 342 g/mol. The molecule has 0 spiro atoms. The third-order valence-corrected chi connectivity index (χ3v) is 4.78. The molecule has 0 aromatic carbocycles. The quantitative estimate of drug-likeness (QED) is 0.698. The van der Waals surface area contributed by atoms with Gasteiger partial charge in [0.15, 0.2) is 5.82 Å². The maximum atomic E-state index is 5.45. The molecule has 3 aromatic rings. The van der Waals surface area contributed by atoms with Crippen LogP contribution in [0.1, 0.15) is 30.3 Å². The Bertz CT molecular complexity index is 901. The van der Waals surface area contributed by atoms with Crippen LogP contribution in [0.5, 0.6) is 0 Å². The average Bonchev–Trinajstić information content (AvgIpc) is 3.19. The fourth-order valence-corrected chi connectivity index (χ4v) is 3.27. The van der Waals surface area contributed by atoms with Crippen LogP contribution in [0.2, 0.25) is 0 Å². The van der Waals surface area contributed by atoms with E-state index in [4.69, 9.17) is 9.51 Å². The van der Waals surface area contributed by atoms with Crippen LogP contribution in [0.3, 0.4) is 0 Å². The molecule has 4 rings (SSSR count). The maximum absolute atomic E-state index is 5.45. The van der Waals surface area contributed by atoms with Crippen LogP contribution in [0.4, 0.5) is 11.8 Å². The molecule has 1 saturated heterocycles. The molecule has 0 amide bonds. The third kappa shape index (κ3) is 3.74. The Labute approximate surface area is 158 Å². The summed E-state index contributed by atoms with van der Waals surface area (Å²) < 4.78 is 5.45. The number of aryl methyl sites for hydroxylation is 1. The zero-order chi connectivity index (χ0) is 18.8. The van der Waals surface area contributed by atoms with E-state index in [0.29, 0.717) is 11.9 Å². The molecule has 140 valence electrons. The Hall–Kier alpha value is -3.03. The zero-order valence-corrected chi connectivity index (χ0v) is 15.8. The number of hydrogen-bond acceptors (Lipinski definition) is 8. The number of nitrogens with zero attached hydrogens (tertiary/aromatic N) is 7. The molecule has 1 aliphatic rings. The Kier molecular flexibility index (Phi) is 4.70. The fourth-order valence-electron chi connectivity index (χ4n) is 3.27. The van der Waals surface area contributed by atoms with Crippen molar-refractivity contribution in [3.05, 3.63) is 42.2 Å². The summed E-state index contributed by atoms with van der Waals surface area (Å²) in [6.07, 6.45) is 5.45. The van der Waals surface area contributed by atoms with Crippen molar-refractivity contribution in [3.8, 4) is 11.4 Å². The standard InChI is InChI=1S/C19H23N7O/c1-13-12-16(22-17(21-13)14-4-8-20-9-5-14)26-10-6-15(7-11-26)18-23-19(24-27-18)25(2)3/h4-5,8-9,12,15H,6-7,10-11H2,1-3H3. The first-order chi connectivity index (χ1) is 13.1. The predicted molar refractivity (Wildman–Crippen MR) is 103 cm³/mol. The zero-order valence-electron chi connectivity index (χ0n) is 15.8. The SMILES string of the molecule is Cc1cc(N2CCC(c3nc(N(C)C)no3)CC2)nc(-c2ccncc2)n1. The molecule has 4 heterocycles. The molecule has 3 aromatic heterocycles. The summed E-state index contributed by atoms with van der Waals surface area (Å²) in [6, 6.07) is 5.91. The van der Waals surface area contributed by atoms with Crippen molar-refractivity contribution in [2.45, 2.75) is 25.7 Å². The second-order valence-electron chi connectivity index (χ2n) is 7.02. The van der Waals surface area contributed by atoms with Crippen LogP contribution < -0.4 is 9.80 Å². The van der Waals surface area contributed by atoms with Gasteiger partial charge in [-0.25, -0.2) is 9.97 Å². The molecule has 0 saturated carbocycles. The van der Waals surface area contributed by atoms with Crippen LogP contribution in [-0.2, 0) is 0 Å². The summed E-state index contributed by atoms with van der Waals surface area (Å²) in [6.45, 7) is 3.80. The average molecular weight is 365 g/mol. The van der Waals surface area contributed by atoms with Crippen molar-refractivity contribution >= 4 is 11.8 Å². The van der Waals surface area contributed by atoms with Crippen molar-refractivity contribution in [2.75, 3.05) is 37.0 Å². The summed E-state index contributed by atoms with van der Waals surface area (Å²) in [7, 11) is 3.82. The van der Waals surface area contributed by atoms with Gasteiger partial charge in [-0.1, -0.05) is 0 Å². The van der Waals surface area contributed by atoms with Gasteiger partial charge in [-0.05, 0) is 37.1 Å². The highest BCUT2D eigenvalue weighted by molar-refractivity contribution is 5.57. The van der Waals surface area contributed by atoms with Crippen LogP contribution in [0, 0.1) is 6.92 Å². The number of aromatic nitrogens is 5. The number of pyridine rings is 1. The van der Waals surface area contributed by atoms with E-state index in [2.05, 4.69) is 25.0 Å². The highest BCUT2D eigenvalue weighted by atomic mass is 16.5. The lowest BCUT2D eigenvalue weighted by Gasteiger charge is -2.31. The van der Waals surface area contributed by atoms with E-state index >= 15 is 0 Å². The van der Waals surface area contributed by atoms with E-state index in [-0.39, 0.29) is 0 Å².